The molecule has 0 N–H and O–H groups in total. The van der Waals surface area contributed by atoms with Crippen LogP contribution in [0, 0.1) is 5.82 Å². The molecule has 0 atom stereocenters. The fourth-order valence-electron chi connectivity index (χ4n) is 1.54. The van der Waals surface area contributed by atoms with Crippen LogP contribution in [-0.4, -0.2) is 19.3 Å². The molecule has 1 fully saturated rings. The third-order valence-electron chi connectivity index (χ3n) is 2.36. The van der Waals surface area contributed by atoms with Crippen LogP contribution in [-0.2, 0) is 4.74 Å². The first-order valence-electron chi connectivity index (χ1n) is 4.95. The summed E-state index contributed by atoms with van der Waals surface area (Å²) in [6.07, 6.45) is 1.90. The van der Waals surface area contributed by atoms with Crippen molar-refractivity contribution in [2.75, 3.05) is 13.2 Å². The van der Waals surface area contributed by atoms with Crippen molar-refractivity contribution in [3.05, 3.63) is 28.5 Å². The van der Waals surface area contributed by atoms with Gasteiger partial charge in [-0.15, -0.1) is 0 Å². The zero-order valence-electron chi connectivity index (χ0n) is 8.21. The molecule has 0 bridgehead atoms. The molecule has 2 rings (SSSR count). The number of hydrogen-bond acceptors (Lipinski definition) is 2. The van der Waals surface area contributed by atoms with E-state index in [1.807, 2.05) is 0 Å². The van der Waals surface area contributed by atoms with E-state index in [-0.39, 0.29) is 11.9 Å². The van der Waals surface area contributed by atoms with E-state index in [1.54, 1.807) is 12.1 Å². The van der Waals surface area contributed by atoms with Crippen LogP contribution in [0.25, 0.3) is 0 Å². The Bertz CT molecular complexity index is 337. The molecule has 0 amide bonds. The minimum absolute atomic E-state index is 0.152. The van der Waals surface area contributed by atoms with Crippen molar-refractivity contribution in [3.8, 4) is 5.75 Å². The average Bonchev–Trinajstić information content (AvgIpc) is 2.25. The van der Waals surface area contributed by atoms with Crippen molar-refractivity contribution < 1.29 is 13.9 Å². The van der Waals surface area contributed by atoms with Gasteiger partial charge in [0.2, 0.25) is 0 Å². The molecule has 4 heteroatoms. The van der Waals surface area contributed by atoms with Crippen molar-refractivity contribution in [2.45, 2.75) is 18.9 Å². The summed E-state index contributed by atoms with van der Waals surface area (Å²) in [5, 5.41) is 0. The summed E-state index contributed by atoms with van der Waals surface area (Å²) in [6, 6.07) is 4.83. The first-order valence-corrected chi connectivity index (χ1v) is 5.74. The monoisotopic (exact) mass is 274 g/mol. The van der Waals surface area contributed by atoms with Gasteiger partial charge in [-0.3, -0.25) is 0 Å². The molecule has 82 valence electrons. The van der Waals surface area contributed by atoms with Gasteiger partial charge >= 0.3 is 0 Å². The average molecular weight is 275 g/mol. The predicted molar refractivity (Wildman–Crippen MR) is 58.6 cm³/mol. The molecule has 0 aromatic heterocycles. The second kappa shape index (κ2) is 4.94. The number of hydrogen-bond donors (Lipinski definition) is 0. The molecular formula is C11H12BrFO2. The minimum Gasteiger partial charge on any atom is -0.490 e. The Morgan fingerprint density at radius 1 is 1.33 bits per heavy atom. The summed E-state index contributed by atoms with van der Waals surface area (Å²) in [7, 11) is 0. The first-order chi connectivity index (χ1) is 7.25. The van der Waals surface area contributed by atoms with E-state index >= 15 is 0 Å². The van der Waals surface area contributed by atoms with Crippen LogP contribution in [0.15, 0.2) is 22.7 Å². The van der Waals surface area contributed by atoms with E-state index in [0.29, 0.717) is 10.2 Å². The van der Waals surface area contributed by atoms with Gasteiger partial charge in [0, 0.05) is 18.9 Å². The van der Waals surface area contributed by atoms with Crippen LogP contribution < -0.4 is 4.74 Å². The normalized spacial score (nSPS) is 17.7. The van der Waals surface area contributed by atoms with Crippen LogP contribution in [0.4, 0.5) is 4.39 Å². The summed E-state index contributed by atoms with van der Waals surface area (Å²) in [5.74, 6) is 0.294. The maximum absolute atomic E-state index is 13.2. The topological polar surface area (TPSA) is 18.5 Å². The predicted octanol–water partition coefficient (Wildman–Crippen LogP) is 3.15. The third-order valence-corrected chi connectivity index (χ3v) is 3.01. The fourth-order valence-corrected chi connectivity index (χ4v) is 1.78. The Labute approximate surface area is 96.5 Å². The van der Waals surface area contributed by atoms with E-state index in [0.717, 1.165) is 26.1 Å². The van der Waals surface area contributed by atoms with Gasteiger partial charge in [-0.05, 0) is 28.1 Å². The summed E-state index contributed by atoms with van der Waals surface area (Å²) >= 11 is 3.10. The van der Waals surface area contributed by atoms with Crippen molar-refractivity contribution >= 4 is 15.9 Å². The molecule has 0 spiro atoms. The largest absolute Gasteiger partial charge is 0.490 e. The minimum atomic E-state index is -0.292. The summed E-state index contributed by atoms with van der Waals surface area (Å²) < 4.78 is 24.5. The van der Waals surface area contributed by atoms with Gasteiger partial charge in [0.15, 0.2) is 0 Å². The summed E-state index contributed by atoms with van der Waals surface area (Å²) in [5.41, 5.74) is 0. The molecule has 2 nitrogen and oxygen atoms in total. The van der Waals surface area contributed by atoms with Gasteiger partial charge in [-0.2, -0.15) is 0 Å². The van der Waals surface area contributed by atoms with Gasteiger partial charge in [0.25, 0.3) is 0 Å². The van der Waals surface area contributed by atoms with E-state index in [9.17, 15) is 4.39 Å². The molecule has 1 aromatic carbocycles. The standard InChI is InChI=1S/C11H12BrFO2/c12-10-2-1-9(7-11(10)13)15-8-3-5-14-6-4-8/h1-2,7-8H,3-6H2. The molecule has 0 unspecified atom stereocenters. The molecule has 0 saturated carbocycles. The Balaban J connectivity index is 2.00. The van der Waals surface area contributed by atoms with Gasteiger partial charge in [-0.25, -0.2) is 4.39 Å². The quantitative estimate of drug-likeness (QED) is 0.825. The maximum atomic E-state index is 13.2. The van der Waals surface area contributed by atoms with Crippen molar-refractivity contribution in [1.82, 2.24) is 0 Å². The lowest BCUT2D eigenvalue weighted by Gasteiger charge is -2.23. The Kier molecular flexibility index (Phi) is 3.59. The molecule has 0 aliphatic carbocycles. The Morgan fingerprint density at radius 3 is 2.73 bits per heavy atom. The molecular weight excluding hydrogens is 263 g/mol. The zero-order chi connectivity index (χ0) is 10.7. The van der Waals surface area contributed by atoms with Crippen LogP contribution in [0.1, 0.15) is 12.8 Å². The third kappa shape index (κ3) is 2.92. The lowest BCUT2D eigenvalue weighted by atomic mass is 10.1. The summed E-state index contributed by atoms with van der Waals surface area (Å²) in [4.78, 5) is 0. The lowest BCUT2D eigenvalue weighted by Crippen LogP contribution is -2.25. The van der Waals surface area contributed by atoms with E-state index in [1.165, 1.54) is 6.07 Å². The Morgan fingerprint density at radius 2 is 2.07 bits per heavy atom. The maximum Gasteiger partial charge on any atom is 0.141 e. The van der Waals surface area contributed by atoms with Gasteiger partial charge in [-0.1, -0.05) is 0 Å². The molecule has 1 saturated heterocycles. The zero-order valence-corrected chi connectivity index (χ0v) is 9.80. The second-order valence-corrected chi connectivity index (χ2v) is 4.36. The van der Waals surface area contributed by atoms with Crippen molar-refractivity contribution in [1.29, 1.82) is 0 Å². The SMILES string of the molecule is Fc1cc(OC2CCOCC2)ccc1Br. The smallest absolute Gasteiger partial charge is 0.141 e. The molecule has 15 heavy (non-hydrogen) atoms. The van der Waals surface area contributed by atoms with Crippen molar-refractivity contribution in [3.63, 3.8) is 0 Å². The number of benzene rings is 1. The second-order valence-electron chi connectivity index (χ2n) is 3.51. The lowest BCUT2D eigenvalue weighted by molar-refractivity contribution is 0.0254. The van der Waals surface area contributed by atoms with Crippen molar-refractivity contribution in [2.24, 2.45) is 0 Å². The molecule has 1 aliphatic heterocycles. The number of ether oxygens (including phenoxy) is 2. The van der Waals surface area contributed by atoms with Gasteiger partial charge in [0.1, 0.15) is 17.7 Å². The highest BCUT2D eigenvalue weighted by molar-refractivity contribution is 9.10. The van der Waals surface area contributed by atoms with E-state index in [2.05, 4.69) is 15.9 Å². The van der Waals surface area contributed by atoms with Crippen LogP contribution in [0.3, 0.4) is 0 Å². The van der Waals surface area contributed by atoms with E-state index in [4.69, 9.17) is 9.47 Å². The highest BCUT2D eigenvalue weighted by atomic mass is 79.9. The van der Waals surface area contributed by atoms with Crippen LogP contribution >= 0.6 is 15.9 Å². The van der Waals surface area contributed by atoms with Crippen LogP contribution in [0.2, 0.25) is 0 Å². The first kappa shape index (κ1) is 10.9. The molecule has 1 aliphatic rings. The number of rotatable bonds is 2. The highest BCUT2D eigenvalue weighted by Crippen LogP contribution is 2.23. The molecule has 0 radical (unpaired) electrons. The molecule has 1 aromatic rings. The van der Waals surface area contributed by atoms with Gasteiger partial charge in [0.05, 0.1) is 17.7 Å². The fraction of sp³-hybridized carbons (Fsp3) is 0.455. The van der Waals surface area contributed by atoms with E-state index < -0.39 is 0 Å². The number of halogens is 2. The van der Waals surface area contributed by atoms with Gasteiger partial charge < -0.3 is 9.47 Å². The molecule has 1 heterocycles. The van der Waals surface area contributed by atoms with Crippen LogP contribution in [0.5, 0.6) is 5.75 Å². The highest BCUT2D eigenvalue weighted by Gasteiger charge is 2.15. The Hall–Kier alpha value is -0.610. The summed E-state index contributed by atoms with van der Waals surface area (Å²) in [6.45, 7) is 1.45.